The zero-order valence-corrected chi connectivity index (χ0v) is 18.9. The third-order valence-electron chi connectivity index (χ3n) is 3.88. The van der Waals surface area contributed by atoms with Gasteiger partial charge in [-0.2, -0.15) is 11.8 Å². The standard InChI is InChI=1S/C18H29N3O2S.HI/c1-14(23-16-9-7-6-8-15(16)22-5)12-20-17(19-4)21-10-11-24-18(2,3)13-21;/h6-9,14H,10-13H2,1-5H3,(H,19,20);1H. The average molecular weight is 479 g/mol. The number of benzene rings is 1. The summed E-state index contributed by atoms with van der Waals surface area (Å²) in [5.41, 5.74) is 0. The highest BCUT2D eigenvalue weighted by Gasteiger charge is 2.28. The van der Waals surface area contributed by atoms with E-state index in [2.05, 4.69) is 29.1 Å². The first-order valence-corrected chi connectivity index (χ1v) is 9.33. The van der Waals surface area contributed by atoms with Gasteiger partial charge in [-0.25, -0.2) is 0 Å². The Kier molecular flexibility index (Phi) is 9.20. The lowest BCUT2D eigenvalue weighted by atomic mass is 10.2. The van der Waals surface area contributed by atoms with Crippen molar-refractivity contribution in [2.45, 2.75) is 31.6 Å². The monoisotopic (exact) mass is 479 g/mol. The normalized spacial score (nSPS) is 18.1. The Morgan fingerprint density at radius 2 is 2.04 bits per heavy atom. The molecule has 25 heavy (non-hydrogen) atoms. The predicted molar refractivity (Wildman–Crippen MR) is 118 cm³/mol. The molecule has 1 aliphatic rings. The number of rotatable bonds is 5. The molecule has 1 aliphatic heterocycles. The van der Waals surface area contributed by atoms with Gasteiger partial charge < -0.3 is 19.7 Å². The molecule has 1 aromatic rings. The van der Waals surface area contributed by atoms with Crippen LogP contribution in [0.3, 0.4) is 0 Å². The number of halogens is 1. The van der Waals surface area contributed by atoms with Crippen LogP contribution in [0.2, 0.25) is 0 Å². The van der Waals surface area contributed by atoms with Crippen LogP contribution in [-0.4, -0.2) is 61.3 Å². The molecule has 0 aromatic heterocycles. The van der Waals surface area contributed by atoms with E-state index in [1.807, 2.05) is 50.0 Å². The van der Waals surface area contributed by atoms with Crippen LogP contribution in [0, 0.1) is 0 Å². The van der Waals surface area contributed by atoms with Gasteiger partial charge in [-0.1, -0.05) is 12.1 Å². The summed E-state index contributed by atoms with van der Waals surface area (Å²) in [6, 6.07) is 7.72. The highest BCUT2D eigenvalue weighted by atomic mass is 127. The fourth-order valence-corrected chi connectivity index (χ4v) is 3.85. The predicted octanol–water partition coefficient (Wildman–Crippen LogP) is 3.48. The quantitative estimate of drug-likeness (QED) is 0.398. The lowest BCUT2D eigenvalue weighted by Crippen LogP contribution is -2.52. The first-order valence-electron chi connectivity index (χ1n) is 8.34. The molecule has 1 aromatic carbocycles. The van der Waals surface area contributed by atoms with E-state index < -0.39 is 0 Å². The molecule has 0 spiro atoms. The molecular formula is C18H30IN3O2S. The summed E-state index contributed by atoms with van der Waals surface area (Å²) in [5, 5.41) is 3.44. The minimum atomic E-state index is 0. The summed E-state index contributed by atoms with van der Waals surface area (Å²) >= 11 is 2.02. The molecule has 1 fully saturated rings. The summed E-state index contributed by atoms with van der Waals surface area (Å²) in [6.07, 6.45) is 0.00484. The van der Waals surface area contributed by atoms with Crippen LogP contribution in [0.4, 0.5) is 0 Å². The average Bonchev–Trinajstić information content (AvgIpc) is 2.55. The smallest absolute Gasteiger partial charge is 0.193 e. The van der Waals surface area contributed by atoms with Gasteiger partial charge in [-0.05, 0) is 32.9 Å². The maximum absolute atomic E-state index is 5.99. The largest absolute Gasteiger partial charge is 0.493 e. The molecule has 1 atom stereocenters. The van der Waals surface area contributed by atoms with Crippen LogP contribution in [-0.2, 0) is 0 Å². The Balaban J connectivity index is 0.00000312. The van der Waals surface area contributed by atoms with Gasteiger partial charge in [-0.3, -0.25) is 4.99 Å². The number of guanidine groups is 1. The van der Waals surface area contributed by atoms with Gasteiger partial charge in [0.2, 0.25) is 0 Å². The second kappa shape index (κ2) is 10.4. The van der Waals surface area contributed by atoms with E-state index in [0.29, 0.717) is 6.54 Å². The molecule has 1 heterocycles. The molecule has 7 heteroatoms. The fraction of sp³-hybridized carbons (Fsp3) is 0.611. The number of thioether (sulfide) groups is 1. The number of para-hydroxylation sites is 2. The van der Waals surface area contributed by atoms with Crippen molar-refractivity contribution in [2.75, 3.05) is 39.5 Å². The maximum Gasteiger partial charge on any atom is 0.193 e. The Morgan fingerprint density at radius 3 is 2.64 bits per heavy atom. The Bertz CT molecular complexity index is 569. The summed E-state index contributed by atoms with van der Waals surface area (Å²) in [5.74, 6) is 3.59. The van der Waals surface area contributed by atoms with Crippen LogP contribution in [0.1, 0.15) is 20.8 Å². The molecule has 0 amide bonds. The highest BCUT2D eigenvalue weighted by Crippen LogP contribution is 2.29. The number of methoxy groups -OCH3 is 1. The molecule has 5 nitrogen and oxygen atoms in total. The first kappa shape index (κ1) is 22.2. The molecule has 0 saturated carbocycles. The summed E-state index contributed by atoms with van der Waals surface area (Å²) < 4.78 is 11.6. The van der Waals surface area contributed by atoms with Crippen molar-refractivity contribution in [2.24, 2.45) is 4.99 Å². The van der Waals surface area contributed by atoms with Gasteiger partial charge in [-0.15, -0.1) is 24.0 Å². The SMILES string of the molecule is CN=C(NCC(C)Oc1ccccc1OC)N1CCSC(C)(C)C1.I. The van der Waals surface area contributed by atoms with Crippen LogP contribution in [0.25, 0.3) is 0 Å². The van der Waals surface area contributed by atoms with Crippen LogP contribution in [0.15, 0.2) is 29.3 Å². The van der Waals surface area contributed by atoms with E-state index in [0.717, 1.165) is 36.3 Å². The number of hydrogen-bond acceptors (Lipinski definition) is 4. The maximum atomic E-state index is 5.99. The van der Waals surface area contributed by atoms with E-state index in [1.54, 1.807) is 7.11 Å². The second-order valence-electron chi connectivity index (χ2n) is 6.54. The van der Waals surface area contributed by atoms with E-state index in [-0.39, 0.29) is 34.8 Å². The third kappa shape index (κ3) is 6.77. The first-order chi connectivity index (χ1) is 11.4. The van der Waals surface area contributed by atoms with Gasteiger partial charge in [0.1, 0.15) is 6.10 Å². The fourth-order valence-electron chi connectivity index (χ4n) is 2.74. The molecular weight excluding hydrogens is 449 g/mol. The van der Waals surface area contributed by atoms with E-state index in [4.69, 9.17) is 9.47 Å². The molecule has 0 radical (unpaired) electrons. The molecule has 0 aliphatic carbocycles. The van der Waals surface area contributed by atoms with Crippen molar-refractivity contribution < 1.29 is 9.47 Å². The Hall–Kier alpha value is -0.830. The van der Waals surface area contributed by atoms with Gasteiger partial charge in [0.15, 0.2) is 17.5 Å². The number of ether oxygens (including phenoxy) is 2. The van der Waals surface area contributed by atoms with Crippen molar-refractivity contribution >= 4 is 41.7 Å². The number of hydrogen-bond donors (Lipinski definition) is 1. The Labute approximate surface area is 173 Å². The number of aliphatic imine (C=N–C) groups is 1. The molecule has 0 bridgehead atoms. The molecule has 1 N–H and O–H groups in total. The lowest BCUT2D eigenvalue weighted by molar-refractivity contribution is 0.212. The number of nitrogens with one attached hydrogen (secondary N) is 1. The van der Waals surface area contributed by atoms with E-state index in [1.165, 1.54) is 0 Å². The van der Waals surface area contributed by atoms with Crippen LogP contribution < -0.4 is 14.8 Å². The summed E-state index contributed by atoms with van der Waals surface area (Å²) in [4.78, 5) is 6.76. The van der Waals surface area contributed by atoms with Gasteiger partial charge >= 0.3 is 0 Å². The van der Waals surface area contributed by atoms with Crippen LogP contribution >= 0.6 is 35.7 Å². The van der Waals surface area contributed by atoms with Crippen LogP contribution in [0.5, 0.6) is 11.5 Å². The van der Waals surface area contributed by atoms with Crippen molar-refractivity contribution in [1.29, 1.82) is 0 Å². The molecule has 1 unspecified atom stereocenters. The highest BCUT2D eigenvalue weighted by molar-refractivity contribution is 14.0. The third-order valence-corrected chi connectivity index (χ3v) is 5.18. The molecule has 1 saturated heterocycles. The minimum absolute atomic E-state index is 0. The van der Waals surface area contributed by atoms with Gasteiger partial charge in [0, 0.05) is 30.6 Å². The summed E-state index contributed by atoms with van der Waals surface area (Å²) in [7, 11) is 3.49. The summed E-state index contributed by atoms with van der Waals surface area (Å²) in [6.45, 7) is 9.32. The Morgan fingerprint density at radius 1 is 1.36 bits per heavy atom. The van der Waals surface area contributed by atoms with Gasteiger partial charge in [0.25, 0.3) is 0 Å². The van der Waals surface area contributed by atoms with Gasteiger partial charge in [0.05, 0.1) is 13.7 Å². The number of nitrogens with zero attached hydrogens (tertiary/aromatic N) is 2. The van der Waals surface area contributed by atoms with Crippen molar-refractivity contribution in [3.05, 3.63) is 24.3 Å². The zero-order chi connectivity index (χ0) is 17.6. The topological polar surface area (TPSA) is 46.1 Å². The van der Waals surface area contributed by atoms with Crippen molar-refractivity contribution in [3.8, 4) is 11.5 Å². The lowest BCUT2D eigenvalue weighted by Gasteiger charge is -2.39. The van der Waals surface area contributed by atoms with Crippen molar-refractivity contribution in [3.63, 3.8) is 0 Å². The van der Waals surface area contributed by atoms with Crippen molar-refractivity contribution in [1.82, 2.24) is 10.2 Å². The van der Waals surface area contributed by atoms with E-state index in [9.17, 15) is 0 Å². The molecule has 2 rings (SSSR count). The molecule has 142 valence electrons. The van der Waals surface area contributed by atoms with E-state index >= 15 is 0 Å². The minimum Gasteiger partial charge on any atom is -0.493 e. The second-order valence-corrected chi connectivity index (χ2v) is 8.34. The zero-order valence-electron chi connectivity index (χ0n) is 15.7.